The first-order valence-electron chi connectivity index (χ1n) is 15.6. The normalized spacial score (nSPS) is 25.6. The Kier molecular flexibility index (Phi) is 7.50. The molecular formula is C33H43N5O2. The monoisotopic (exact) mass is 541 g/mol. The lowest BCUT2D eigenvalue weighted by Gasteiger charge is -2.34. The van der Waals surface area contributed by atoms with Crippen molar-refractivity contribution in [2.75, 3.05) is 56.2 Å². The highest BCUT2D eigenvalue weighted by Crippen LogP contribution is 2.50. The summed E-state index contributed by atoms with van der Waals surface area (Å²) in [6, 6.07) is 14.8. The summed E-state index contributed by atoms with van der Waals surface area (Å²) in [6.45, 7) is 7.50. The number of benzene rings is 1. The highest BCUT2D eigenvalue weighted by atomic mass is 16.5. The first kappa shape index (κ1) is 26.0. The number of nitrogens with zero attached hydrogens (tertiary/aromatic N) is 4. The summed E-state index contributed by atoms with van der Waals surface area (Å²) >= 11 is 0. The fourth-order valence-electron chi connectivity index (χ4n) is 7.90. The smallest absolute Gasteiger partial charge is 0.251 e. The second-order valence-electron chi connectivity index (χ2n) is 12.6. The maximum atomic E-state index is 13.0. The molecule has 2 aliphatic heterocycles. The van der Waals surface area contributed by atoms with Crippen LogP contribution < -0.4 is 15.8 Å². The van der Waals surface area contributed by atoms with Gasteiger partial charge >= 0.3 is 0 Å². The molecule has 1 aromatic carbocycles. The van der Waals surface area contributed by atoms with Crippen molar-refractivity contribution in [2.45, 2.75) is 57.4 Å². The van der Waals surface area contributed by atoms with Crippen LogP contribution >= 0.6 is 0 Å². The third-order valence-electron chi connectivity index (χ3n) is 10.2. The zero-order valence-corrected chi connectivity index (χ0v) is 23.6. The molecule has 0 spiro atoms. The number of fused-ring (bicyclic) bond motifs is 3. The molecule has 2 aliphatic carbocycles. The molecule has 212 valence electrons. The number of piperidine rings is 1. The molecule has 1 N–H and O–H groups in total. The van der Waals surface area contributed by atoms with Gasteiger partial charge in [-0.05, 0) is 99.6 Å². The van der Waals surface area contributed by atoms with Crippen LogP contribution in [-0.4, -0.2) is 60.4 Å². The number of hydrogen-bond acceptors (Lipinski definition) is 6. The zero-order chi connectivity index (χ0) is 26.9. The zero-order valence-electron chi connectivity index (χ0n) is 23.6. The molecule has 7 rings (SSSR count). The van der Waals surface area contributed by atoms with Crippen LogP contribution in [0.25, 0.3) is 10.9 Å². The van der Waals surface area contributed by atoms with Crippen LogP contribution in [-0.2, 0) is 4.74 Å². The molecule has 4 fully saturated rings. The Morgan fingerprint density at radius 3 is 2.50 bits per heavy atom. The minimum atomic E-state index is 0.118. The van der Waals surface area contributed by atoms with Crippen LogP contribution in [0.1, 0.15) is 57.4 Å². The maximum absolute atomic E-state index is 13.0. The minimum Gasteiger partial charge on any atom is -0.379 e. The Hall–Kier alpha value is -2.90. The molecule has 0 radical (unpaired) electrons. The van der Waals surface area contributed by atoms with Crippen molar-refractivity contribution < 1.29 is 4.74 Å². The van der Waals surface area contributed by atoms with Crippen LogP contribution in [0.15, 0.2) is 53.5 Å². The Balaban J connectivity index is 0.963. The standard InChI is InChI=1S/C33H43N5O2/c39-33-10-5-27-23-34-32(22-31(27)38(33)30-21-25-3-4-26(30)20-25)35-28-6-8-29(9-7-28)37-14-11-24(12-15-37)2-1-13-36-16-18-40-19-17-36/h5-10,22-26,30H,1-4,11-21H2,(H,34,35). The lowest BCUT2D eigenvalue weighted by Crippen LogP contribution is -2.37. The predicted octanol–water partition coefficient (Wildman–Crippen LogP) is 5.83. The van der Waals surface area contributed by atoms with E-state index in [0.29, 0.717) is 12.0 Å². The summed E-state index contributed by atoms with van der Waals surface area (Å²) in [7, 11) is 0. The Labute approximate surface area is 237 Å². The van der Waals surface area contributed by atoms with Crippen molar-refractivity contribution in [2.24, 2.45) is 17.8 Å². The van der Waals surface area contributed by atoms with E-state index in [4.69, 9.17) is 4.74 Å². The molecular weight excluding hydrogens is 498 g/mol. The fourth-order valence-corrected chi connectivity index (χ4v) is 7.90. The molecule has 2 aromatic heterocycles. The summed E-state index contributed by atoms with van der Waals surface area (Å²) in [6.07, 6.45) is 12.1. The molecule has 4 aliphatic rings. The molecule has 0 amide bonds. The maximum Gasteiger partial charge on any atom is 0.251 e. The third-order valence-corrected chi connectivity index (χ3v) is 10.2. The number of rotatable bonds is 8. The van der Waals surface area contributed by atoms with E-state index >= 15 is 0 Å². The highest BCUT2D eigenvalue weighted by molar-refractivity contribution is 5.81. The molecule has 40 heavy (non-hydrogen) atoms. The molecule has 2 bridgehead atoms. The van der Waals surface area contributed by atoms with E-state index in [1.54, 1.807) is 6.07 Å². The van der Waals surface area contributed by atoms with Gasteiger partial charge in [-0.25, -0.2) is 4.98 Å². The van der Waals surface area contributed by atoms with Gasteiger partial charge in [0.05, 0.1) is 18.7 Å². The number of morpholine rings is 1. The Morgan fingerprint density at radius 1 is 0.925 bits per heavy atom. The molecule has 4 heterocycles. The molecule has 2 saturated heterocycles. The number of nitrogens with one attached hydrogen (secondary N) is 1. The molecule has 7 nitrogen and oxygen atoms in total. The van der Waals surface area contributed by atoms with Gasteiger partial charge in [-0.2, -0.15) is 0 Å². The van der Waals surface area contributed by atoms with Gasteiger partial charge in [-0.1, -0.05) is 6.42 Å². The van der Waals surface area contributed by atoms with E-state index in [2.05, 4.69) is 55.0 Å². The van der Waals surface area contributed by atoms with E-state index in [1.165, 1.54) is 57.2 Å². The van der Waals surface area contributed by atoms with Crippen molar-refractivity contribution in [3.05, 3.63) is 59.0 Å². The fraction of sp³-hybridized carbons (Fsp3) is 0.576. The number of aromatic nitrogens is 2. The van der Waals surface area contributed by atoms with Gasteiger partial charge < -0.3 is 19.5 Å². The summed E-state index contributed by atoms with van der Waals surface area (Å²) in [5, 5.41) is 4.53. The van der Waals surface area contributed by atoms with Gasteiger partial charge in [0.2, 0.25) is 0 Å². The van der Waals surface area contributed by atoms with Gasteiger partial charge in [-0.3, -0.25) is 9.69 Å². The lowest BCUT2D eigenvalue weighted by molar-refractivity contribution is 0.0365. The first-order chi connectivity index (χ1) is 19.7. The second kappa shape index (κ2) is 11.5. The van der Waals surface area contributed by atoms with Crippen LogP contribution in [0, 0.1) is 17.8 Å². The topological polar surface area (TPSA) is 62.6 Å². The summed E-state index contributed by atoms with van der Waals surface area (Å²) in [5.41, 5.74) is 3.45. The van der Waals surface area contributed by atoms with E-state index in [0.717, 1.165) is 80.1 Å². The third kappa shape index (κ3) is 5.51. The number of anilines is 3. The molecule has 2 saturated carbocycles. The molecule has 3 atom stereocenters. The Bertz CT molecular complexity index is 1360. The lowest BCUT2D eigenvalue weighted by atomic mass is 9.92. The van der Waals surface area contributed by atoms with Crippen molar-refractivity contribution in [1.29, 1.82) is 0 Å². The SMILES string of the molecule is O=c1ccc2cnc(Nc3ccc(N4CCC(CCCN5CCOCC5)CC4)cc3)cc2n1C1CC2CCC1C2. The van der Waals surface area contributed by atoms with Crippen molar-refractivity contribution >= 4 is 28.1 Å². The molecule has 3 unspecified atom stereocenters. The van der Waals surface area contributed by atoms with Crippen LogP contribution in [0.2, 0.25) is 0 Å². The van der Waals surface area contributed by atoms with Gasteiger partial charge in [-0.15, -0.1) is 0 Å². The van der Waals surface area contributed by atoms with E-state index in [9.17, 15) is 4.79 Å². The first-order valence-corrected chi connectivity index (χ1v) is 15.6. The van der Waals surface area contributed by atoms with Crippen molar-refractivity contribution in [3.8, 4) is 0 Å². The summed E-state index contributed by atoms with van der Waals surface area (Å²) in [4.78, 5) is 22.8. The molecule has 3 aromatic rings. The largest absolute Gasteiger partial charge is 0.379 e. The van der Waals surface area contributed by atoms with E-state index in [-0.39, 0.29) is 5.56 Å². The van der Waals surface area contributed by atoms with Gasteiger partial charge in [0.25, 0.3) is 5.56 Å². The number of ether oxygens (including phenoxy) is 1. The van der Waals surface area contributed by atoms with Gasteiger partial charge in [0.15, 0.2) is 0 Å². The number of pyridine rings is 2. The van der Waals surface area contributed by atoms with E-state index in [1.807, 2.05) is 12.3 Å². The summed E-state index contributed by atoms with van der Waals surface area (Å²) in [5.74, 6) is 3.08. The second-order valence-corrected chi connectivity index (χ2v) is 12.6. The van der Waals surface area contributed by atoms with Crippen molar-refractivity contribution in [1.82, 2.24) is 14.5 Å². The average Bonchev–Trinajstić information content (AvgIpc) is 3.63. The quantitative estimate of drug-likeness (QED) is 0.387. The summed E-state index contributed by atoms with van der Waals surface area (Å²) < 4.78 is 7.54. The van der Waals surface area contributed by atoms with Gasteiger partial charge in [0, 0.05) is 67.3 Å². The average molecular weight is 542 g/mol. The van der Waals surface area contributed by atoms with Crippen LogP contribution in [0.4, 0.5) is 17.2 Å². The van der Waals surface area contributed by atoms with Crippen LogP contribution in [0.5, 0.6) is 0 Å². The highest BCUT2D eigenvalue weighted by Gasteiger charge is 2.41. The number of hydrogen-bond donors (Lipinski definition) is 1. The van der Waals surface area contributed by atoms with Crippen LogP contribution in [0.3, 0.4) is 0 Å². The van der Waals surface area contributed by atoms with E-state index < -0.39 is 0 Å². The minimum absolute atomic E-state index is 0.118. The van der Waals surface area contributed by atoms with Crippen molar-refractivity contribution in [3.63, 3.8) is 0 Å². The molecule has 7 heteroatoms. The van der Waals surface area contributed by atoms with Gasteiger partial charge in [0.1, 0.15) is 5.82 Å². The predicted molar refractivity (Wildman–Crippen MR) is 162 cm³/mol. The Morgan fingerprint density at radius 2 is 1.75 bits per heavy atom.